The van der Waals surface area contributed by atoms with Crippen LogP contribution < -0.4 is 10.1 Å². The number of fused-ring (bicyclic) bond motifs is 1. The molecule has 0 amide bonds. The van der Waals surface area contributed by atoms with Gasteiger partial charge in [-0.25, -0.2) is 0 Å². The average molecular weight is 245 g/mol. The van der Waals surface area contributed by atoms with E-state index in [-0.39, 0.29) is 5.54 Å². The third kappa shape index (κ3) is 2.26. The number of hydrogen-bond donors (Lipinski definition) is 1. The Hall–Kier alpha value is -1.77. The van der Waals surface area contributed by atoms with Crippen LogP contribution >= 0.6 is 0 Å². The summed E-state index contributed by atoms with van der Waals surface area (Å²) in [6.45, 7) is 8.77. The topological polar surface area (TPSA) is 38.3 Å². The summed E-state index contributed by atoms with van der Waals surface area (Å²) in [4.78, 5) is 11.2. The van der Waals surface area contributed by atoms with E-state index in [9.17, 15) is 4.79 Å². The Bertz CT molecular complexity index is 515. The molecule has 0 spiro atoms. The largest absolute Gasteiger partial charge is 0.494 e. The summed E-state index contributed by atoms with van der Waals surface area (Å²) >= 11 is 0. The van der Waals surface area contributed by atoms with Crippen LogP contribution in [0.15, 0.2) is 18.2 Å². The van der Waals surface area contributed by atoms with Gasteiger partial charge in [-0.05, 0) is 45.4 Å². The van der Waals surface area contributed by atoms with Gasteiger partial charge in [-0.3, -0.25) is 4.79 Å². The van der Waals surface area contributed by atoms with Crippen LogP contribution in [-0.2, 0) is 0 Å². The van der Waals surface area contributed by atoms with Crippen LogP contribution in [0.4, 0.5) is 5.69 Å². The first-order valence-corrected chi connectivity index (χ1v) is 6.21. The fourth-order valence-electron chi connectivity index (χ4n) is 2.41. The van der Waals surface area contributed by atoms with Crippen molar-refractivity contribution in [1.82, 2.24) is 0 Å². The van der Waals surface area contributed by atoms with E-state index >= 15 is 0 Å². The van der Waals surface area contributed by atoms with Gasteiger partial charge in [0.2, 0.25) is 0 Å². The first-order chi connectivity index (χ1) is 8.46. The number of hydrogen-bond acceptors (Lipinski definition) is 3. The van der Waals surface area contributed by atoms with Gasteiger partial charge in [-0.15, -0.1) is 0 Å². The van der Waals surface area contributed by atoms with E-state index in [0.717, 1.165) is 23.3 Å². The lowest BCUT2D eigenvalue weighted by Crippen LogP contribution is -2.32. The monoisotopic (exact) mass is 245 g/mol. The normalized spacial score (nSPS) is 16.3. The Labute approximate surface area is 108 Å². The highest BCUT2D eigenvalue weighted by Crippen LogP contribution is 2.38. The summed E-state index contributed by atoms with van der Waals surface area (Å²) in [5.41, 5.74) is 3.62. The van der Waals surface area contributed by atoms with Crippen LogP contribution in [0.1, 0.15) is 43.6 Å². The summed E-state index contributed by atoms with van der Waals surface area (Å²) in [7, 11) is 0. The number of aldehydes is 1. The number of rotatable bonds is 3. The highest BCUT2D eigenvalue weighted by molar-refractivity contribution is 5.93. The van der Waals surface area contributed by atoms with Crippen molar-refractivity contribution in [3.63, 3.8) is 0 Å². The number of anilines is 1. The minimum Gasteiger partial charge on any atom is -0.494 e. The molecule has 0 bridgehead atoms. The molecule has 1 aliphatic heterocycles. The molecule has 3 nitrogen and oxygen atoms in total. The Morgan fingerprint density at radius 1 is 1.39 bits per heavy atom. The summed E-state index contributed by atoms with van der Waals surface area (Å²) < 4.78 is 5.50. The van der Waals surface area contributed by atoms with Gasteiger partial charge in [0.15, 0.2) is 6.29 Å². The molecule has 0 atom stereocenters. The van der Waals surface area contributed by atoms with E-state index in [0.29, 0.717) is 12.2 Å². The SMILES string of the molecule is CCOc1cc(C=O)c2c(c1)C(C)=CC(C)(C)N2. The molecular weight excluding hydrogens is 226 g/mol. The van der Waals surface area contributed by atoms with Crippen LogP contribution in [0.5, 0.6) is 5.75 Å². The maximum atomic E-state index is 11.2. The first kappa shape index (κ1) is 12.7. The Kier molecular flexibility index (Phi) is 3.16. The second-order valence-corrected chi connectivity index (χ2v) is 5.16. The van der Waals surface area contributed by atoms with Crippen LogP contribution in [0.25, 0.3) is 5.57 Å². The fourth-order valence-corrected chi connectivity index (χ4v) is 2.41. The summed E-state index contributed by atoms with van der Waals surface area (Å²) in [6.07, 6.45) is 3.04. The molecule has 0 unspecified atom stereocenters. The van der Waals surface area contributed by atoms with Crippen molar-refractivity contribution in [2.24, 2.45) is 0 Å². The van der Waals surface area contributed by atoms with Gasteiger partial charge >= 0.3 is 0 Å². The molecule has 0 aliphatic carbocycles. The number of nitrogens with one attached hydrogen (secondary N) is 1. The number of benzene rings is 1. The Morgan fingerprint density at radius 2 is 2.11 bits per heavy atom. The molecule has 1 aromatic rings. The van der Waals surface area contributed by atoms with E-state index in [1.54, 1.807) is 6.07 Å². The minimum absolute atomic E-state index is 0.137. The van der Waals surface area contributed by atoms with Gasteiger partial charge in [-0.1, -0.05) is 6.08 Å². The molecule has 0 saturated heterocycles. The zero-order chi connectivity index (χ0) is 13.3. The molecule has 96 valence electrons. The van der Waals surface area contributed by atoms with Crippen LogP contribution in [0.2, 0.25) is 0 Å². The predicted octanol–water partition coefficient (Wildman–Crippen LogP) is 3.51. The lowest BCUT2D eigenvalue weighted by Gasteiger charge is -2.32. The van der Waals surface area contributed by atoms with Gasteiger partial charge in [0.1, 0.15) is 5.75 Å². The molecule has 18 heavy (non-hydrogen) atoms. The summed E-state index contributed by atoms with van der Waals surface area (Å²) in [5.74, 6) is 0.743. The van der Waals surface area contributed by atoms with E-state index < -0.39 is 0 Å². The second-order valence-electron chi connectivity index (χ2n) is 5.16. The highest BCUT2D eigenvalue weighted by atomic mass is 16.5. The van der Waals surface area contributed by atoms with Crippen LogP contribution in [0.3, 0.4) is 0 Å². The van der Waals surface area contributed by atoms with Crippen molar-refractivity contribution in [3.8, 4) is 5.75 Å². The highest BCUT2D eigenvalue weighted by Gasteiger charge is 2.25. The number of carbonyl (C=O) groups excluding carboxylic acids is 1. The fraction of sp³-hybridized carbons (Fsp3) is 0.400. The molecule has 3 heteroatoms. The van der Waals surface area contributed by atoms with E-state index in [1.807, 2.05) is 13.0 Å². The molecule has 2 rings (SSSR count). The van der Waals surface area contributed by atoms with Crippen molar-refractivity contribution in [2.45, 2.75) is 33.2 Å². The molecule has 1 N–H and O–H groups in total. The van der Waals surface area contributed by atoms with E-state index in [1.165, 1.54) is 5.57 Å². The molecule has 1 heterocycles. The van der Waals surface area contributed by atoms with Gasteiger partial charge in [0.05, 0.1) is 17.8 Å². The average Bonchev–Trinajstić information content (AvgIpc) is 2.28. The molecule has 1 aliphatic rings. The molecule has 0 saturated carbocycles. The minimum atomic E-state index is -0.137. The van der Waals surface area contributed by atoms with Crippen LogP contribution in [-0.4, -0.2) is 18.4 Å². The van der Waals surface area contributed by atoms with Crippen molar-refractivity contribution in [3.05, 3.63) is 29.3 Å². The number of allylic oxidation sites excluding steroid dienone is 1. The summed E-state index contributed by atoms with van der Waals surface area (Å²) in [6, 6.07) is 3.77. The van der Waals surface area contributed by atoms with Gasteiger partial charge in [0, 0.05) is 11.1 Å². The molecular formula is C15H19NO2. The van der Waals surface area contributed by atoms with Gasteiger partial charge < -0.3 is 10.1 Å². The zero-order valence-corrected chi connectivity index (χ0v) is 11.3. The maximum absolute atomic E-state index is 11.2. The Morgan fingerprint density at radius 3 is 2.72 bits per heavy atom. The van der Waals surface area contributed by atoms with Crippen molar-refractivity contribution in [2.75, 3.05) is 11.9 Å². The lowest BCUT2D eigenvalue weighted by atomic mass is 9.89. The number of ether oxygens (including phenoxy) is 1. The zero-order valence-electron chi connectivity index (χ0n) is 11.3. The van der Waals surface area contributed by atoms with Gasteiger partial charge in [0.25, 0.3) is 0 Å². The Balaban J connectivity index is 2.59. The third-order valence-corrected chi connectivity index (χ3v) is 3.03. The second kappa shape index (κ2) is 4.48. The van der Waals surface area contributed by atoms with Crippen molar-refractivity contribution >= 4 is 17.5 Å². The smallest absolute Gasteiger partial charge is 0.152 e. The predicted molar refractivity (Wildman–Crippen MR) is 74.4 cm³/mol. The molecule has 0 radical (unpaired) electrons. The summed E-state index contributed by atoms with van der Waals surface area (Å²) in [5, 5.41) is 3.39. The quantitative estimate of drug-likeness (QED) is 0.828. The molecule has 0 aromatic heterocycles. The van der Waals surface area contributed by atoms with Crippen molar-refractivity contribution < 1.29 is 9.53 Å². The first-order valence-electron chi connectivity index (χ1n) is 6.21. The van der Waals surface area contributed by atoms with E-state index in [4.69, 9.17) is 4.74 Å². The lowest BCUT2D eigenvalue weighted by molar-refractivity contribution is 0.112. The van der Waals surface area contributed by atoms with Crippen LogP contribution in [0, 0.1) is 0 Å². The molecule has 1 aromatic carbocycles. The standard InChI is InChI=1S/C15H19NO2/c1-5-18-12-6-11(9-17)14-13(7-12)10(2)8-15(3,4)16-14/h6-9,16H,5H2,1-4H3. The maximum Gasteiger partial charge on any atom is 0.152 e. The van der Waals surface area contributed by atoms with Gasteiger partial charge in [-0.2, -0.15) is 0 Å². The number of carbonyl (C=O) groups is 1. The van der Waals surface area contributed by atoms with E-state index in [2.05, 4.69) is 32.2 Å². The molecule has 0 fully saturated rings. The van der Waals surface area contributed by atoms with Crippen molar-refractivity contribution in [1.29, 1.82) is 0 Å². The third-order valence-electron chi connectivity index (χ3n) is 3.03.